The molecule has 36 heavy (non-hydrogen) atoms. The molecule has 3 aliphatic rings. The third-order valence-electron chi connectivity index (χ3n) is 7.12. The molecule has 5 heterocycles. The van der Waals surface area contributed by atoms with E-state index in [-0.39, 0.29) is 24.2 Å². The van der Waals surface area contributed by atoms with Crippen LogP contribution in [0, 0.1) is 11.8 Å². The maximum atomic E-state index is 13.0. The van der Waals surface area contributed by atoms with Gasteiger partial charge in [0.2, 0.25) is 5.82 Å². The van der Waals surface area contributed by atoms with Gasteiger partial charge in [-0.25, -0.2) is 0 Å². The number of ether oxygens (including phenoxy) is 2. The molecule has 3 N–H and O–H groups in total. The molecule has 3 aromatic rings. The monoisotopic (exact) mass is 490 g/mol. The highest BCUT2D eigenvalue weighted by molar-refractivity contribution is 6.10. The third kappa shape index (κ3) is 3.70. The lowest BCUT2D eigenvalue weighted by atomic mass is 10.0. The summed E-state index contributed by atoms with van der Waals surface area (Å²) in [5, 5.41) is 13.1. The standard InChI is InChI=1S/C24H26N8O4/c1-35-19-5-13-12-32(23(34)16(13)6-20(19)36-2)24-28-21(29-30-24)22(33)27-17-9-25-4-3-18(17)31-10-14-7-26-8-15(14)11-31/h3-6,9,14-15,26H,7-8,10-12H2,1-2H3,(H,27,33)(H,28,29,30). The van der Waals surface area contributed by atoms with Crippen LogP contribution >= 0.6 is 0 Å². The van der Waals surface area contributed by atoms with Crippen LogP contribution in [-0.2, 0) is 6.54 Å². The van der Waals surface area contributed by atoms with Gasteiger partial charge in [0.15, 0.2) is 11.5 Å². The summed E-state index contributed by atoms with van der Waals surface area (Å²) in [5.74, 6) is 1.60. The number of benzene rings is 1. The van der Waals surface area contributed by atoms with Crippen LogP contribution in [-0.4, -0.2) is 72.4 Å². The Hall–Kier alpha value is -4.19. The topological polar surface area (TPSA) is 138 Å². The molecule has 2 aromatic heterocycles. The van der Waals surface area contributed by atoms with Gasteiger partial charge in [0, 0.05) is 37.9 Å². The van der Waals surface area contributed by atoms with Crippen molar-refractivity contribution in [2.45, 2.75) is 6.54 Å². The first-order valence-electron chi connectivity index (χ1n) is 11.8. The van der Waals surface area contributed by atoms with Gasteiger partial charge >= 0.3 is 0 Å². The molecule has 2 saturated heterocycles. The van der Waals surface area contributed by atoms with Gasteiger partial charge in [-0.15, -0.1) is 5.10 Å². The van der Waals surface area contributed by atoms with Crippen LogP contribution in [0.25, 0.3) is 0 Å². The predicted octanol–water partition coefficient (Wildman–Crippen LogP) is 1.29. The van der Waals surface area contributed by atoms with Crippen molar-refractivity contribution in [3.63, 3.8) is 0 Å². The number of H-pyrrole nitrogens is 1. The Balaban J connectivity index is 1.19. The Morgan fingerprint density at radius 1 is 1.14 bits per heavy atom. The maximum absolute atomic E-state index is 13.0. The fraction of sp³-hybridized carbons (Fsp3) is 0.375. The lowest BCUT2D eigenvalue weighted by Crippen LogP contribution is -2.27. The van der Waals surface area contributed by atoms with Crippen LogP contribution in [0.5, 0.6) is 11.5 Å². The Labute approximate surface area is 207 Å². The summed E-state index contributed by atoms with van der Waals surface area (Å²) >= 11 is 0. The Bertz CT molecular complexity index is 1330. The minimum Gasteiger partial charge on any atom is -0.493 e. The number of carbonyl (C=O) groups excluding carboxylic acids is 2. The third-order valence-corrected chi connectivity index (χ3v) is 7.12. The second-order valence-electron chi connectivity index (χ2n) is 9.17. The molecule has 0 saturated carbocycles. The number of carbonyl (C=O) groups is 2. The summed E-state index contributed by atoms with van der Waals surface area (Å²) in [4.78, 5) is 38.3. The van der Waals surface area contributed by atoms with Gasteiger partial charge in [0.1, 0.15) is 0 Å². The van der Waals surface area contributed by atoms with Crippen molar-refractivity contribution >= 4 is 29.1 Å². The number of hydrogen-bond donors (Lipinski definition) is 3. The molecule has 6 rings (SSSR count). The van der Waals surface area contributed by atoms with Gasteiger partial charge in [0.05, 0.1) is 38.3 Å². The van der Waals surface area contributed by atoms with Crippen LogP contribution < -0.4 is 29.9 Å². The average Bonchev–Trinajstić information content (AvgIpc) is 3.67. The molecular formula is C24H26N8O4. The van der Waals surface area contributed by atoms with Gasteiger partial charge in [-0.3, -0.25) is 24.6 Å². The normalized spacial score (nSPS) is 20.4. The van der Waals surface area contributed by atoms with Gasteiger partial charge in [0.25, 0.3) is 17.8 Å². The van der Waals surface area contributed by atoms with Gasteiger partial charge in [-0.1, -0.05) is 0 Å². The molecular weight excluding hydrogens is 464 g/mol. The van der Waals surface area contributed by atoms with Crippen molar-refractivity contribution in [3.8, 4) is 11.5 Å². The molecule has 2 atom stereocenters. The van der Waals surface area contributed by atoms with Crippen molar-refractivity contribution in [2.75, 3.05) is 55.5 Å². The van der Waals surface area contributed by atoms with E-state index in [1.807, 2.05) is 6.07 Å². The zero-order chi connectivity index (χ0) is 24.8. The van der Waals surface area contributed by atoms with E-state index in [1.54, 1.807) is 31.6 Å². The summed E-state index contributed by atoms with van der Waals surface area (Å²) in [7, 11) is 3.06. The van der Waals surface area contributed by atoms with Crippen molar-refractivity contribution in [1.82, 2.24) is 25.5 Å². The molecule has 0 radical (unpaired) electrons. The number of nitrogens with one attached hydrogen (secondary N) is 3. The Morgan fingerprint density at radius 3 is 2.64 bits per heavy atom. The number of pyridine rings is 1. The van der Waals surface area contributed by atoms with Gasteiger partial charge in [-0.2, -0.15) is 4.98 Å². The zero-order valence-electron chi connectivity index (χ0n) is 19.9. The quantitative estimate of drug-likeness (QED) is 0.467. The number of anilines is 3. The van der Waals surface area contributed by atoms with E-state index in [9.17, 15) is 9.59 Å². The molecule has 3 aliphatic heterocycles. The number of amides is 2. The maximum Gasteiger partial charge on any atom is 0.293 e. The number of methoxy groups -OCH3 is 2. The number of hydrogen-bond acceptors (Lipinski definition) is 9. The average molecular weight is 491 g/mol. The summed E-state index contributed by atoms with van der Waals surface area (Å²) < 4.78 is 10.7. The smallest absolute Gasteiger partial charge is 0.293 e. The molecule has 0 bridgehead atoms. The molecule has 186 valence electrons. The Morgan fingerprint density at radius 2 is 1.89 bits per heavy atom. The van der Waals surface area contributed by atoms with E-state index >= 15 is 0 Å². The number of fused-ring (bicyclic) bond motifs is 2. The lowest BCUT2D eigenvalue weighted by Gasteiger charge is -2.22. The molecule has 2 amide bonds. The lowest BCUT2D eigenvalue weighted by molar-refractivity contribution is 0.0990. The highest BCUT2D eigenvalue weighted by Crippen LogP contribution is 2.36. The first-order valence-corrected chi connectivity index (χ1v) is 11.8. The summed E-state index contributed by atoms with van der Waals surface area (Å²) in [6, 6.07) is 5.32. The predicted molar refractivity (Wildman–Crippen MR) is 131 cm³/mol. The van der Waals surface area contributed by atoms with Crippen LogP contribution in [0.3, 0.4) is 0 Å². The fourth-order valence-corrected chi connectivity index (χ4v) is 5.27. The van der Waals surface area contributed by atoms with Crippen LogP contribution in [0.1, 0.15) is 26.5 Å². The number of nitrogens with zero attached hydrogens (tertiary/aromatic N) is 5. The SMILES string of the molecule is COc1cc2c(cc1OC)C(=O)N(c1n[nH]c(C(=O)Nc3cnccc3N3CC4CNCC4C3)n1)C2. The van der Waals surface area contributed by atoms with Crippen LogP contribution in [0.15, 0.2) is 30.6 Å². The van der Waals surface area contributed by atoms with Crippen LogP contribution in [0.2, 0.25) is 0 Å². The van der Waals surface area contributed by atoms with Crippen molar-refractivity contribution < 1.29 is 19.1 Å². The van der Waals surface area contributed by atoms with E-state index < -0.39 is 5.91 Å². The van der Waals surface area contributed by atoms with Crippen molar-refractivity contribution in [2.24, 2.45) is 11.8 Å². The summed E-state index contributed by atoms with van der Waals surface area (Å²) in [5.41, 5.74) is 2.78. The second-order valence-corrected chi connectivity index (χ2v) is 9.17. The van der Waals surface area contributed by atoms with E-state index in [0.717, 1.165) is 37.4 Å². The molecule has 0 spiro atoms. The molecule has 2 fully saturated rings. The highest BCUT2D eigenvalue weighted by atomic mass is 16.5. The first kappa shape index (κ1) is 22.3. The summed E-state index contributed by atoms with van der Waals surface area (Å²) in [6.07, 6.45) is 3.36. The minimum absolute atomic E-state index is 0.00112. The molecule has 0 aliphatic carbocycles. The largest absolute Gasteiger partial charge is 0.493 e. The number of rotatable bonds is 6. The van der Waals surface area contributed by atoms with Crippen LogP contribution in [0.4, 0.5) is 17.3 Å². The van der Waals surface area contributed by atoms with Gasteiger partial charge in [-0.05, 0) is 35.6 Å². The number of aromatic nitrogens is 4. The second kappa shape index (κ2) is 8.79. The molecule has 1 aromatic carbocycles. The summed E-state index contributed by atoms with van der Waals surface area (Å²) in [6.45, 7) is 4.17. The van der Waals surface area contributed by atoms with E-state index in [4.69, 9.17) is 9.47 Å². The van der Waals surface area contributed by atoms with Crippen molar-refractivity contribution in [3.05, 3.63) is 47.5 Å². The minimum atomic E-state index is -0.462. The van der Waals surface area contributed by atoms with E-state index in [0.29, 0.717) is 34.6 Å². The van der Waals surface area contributed by atoms with E-state index in [2.05, 4.69) is 35.7 Å². The van der Waals surface area contributed by atoms with Gasteiger partial charge < -0.3 is 25.0 Å². The van der Waals surface area contributed by atoms with Crippen molar-refractivity contribution in [1.29, 1.82) is 0 Å². The zero-order valence-corrected chi connectivity index (χ0v) is 19.9. The number of aromatic amines is 1. The molecule has 2 unspecified atom stereocenters. The molecule has 12 nitrogen and oxygen atoms in total. The highest BCUT2D eigenvalue weighted by Gasteiger charge is 2.37. The fourth-order valence-electron chi connectivity index (χ4n) is 5.27. The Kier molecular flexibility index (Phi) is 5.44. The van der Waals surface area contributed by atoms with E-state index in [1.165, 1.54) is 12.0 Å². The molecule has 12 heteroatoms. The first-order chi connectivity index (χ1) is 17.6.